The summed E-state index contributed by atoms with van der Waals surface area (Å²) >= 11 is 0. The van der Waals surface area contributed by atoms with Crippen LogP contribution < -0.4 is 5.73 Å². The SMILES string of the molecule is CCC(C)(C(N)Cc1ccc(F)cc1)N1CCCCC1. The van der Waals surface area contributed by atoms with Gasteiger partial charge in [0.15, 0.2) is 0 Å². The van der Waals surface area contributed by atoms with E-state index >= 15 is 0 Å². The molecule has 0 bridgehead atoms. The van der Waals surface area contributed by atoms with Crippen molar-refractivity contribution in [1.29, 1.82) is 0 Å². The highest BCUT2D eigenvalue weighted by molar-refractivity contribution is 5.18. The topological polar surface area (TPSA) is 29.3 Å². The van der Waals surface area contributed by atoms with Crippen LogP contribution in [0.25, 0.3) is 0 Å². The van der Waals surface area contributed by atoms with Crippen molar-refractivity contribution in [3.05, 3.63) is 35.6 Å². The van der Waals surface area contributed by atoms with Gasteiger partial charge in [-0.05, 0) is 63.4 Å². The molecule has 0 aliphatic carbocycles. The molecule has 1 aliphatic heterocycles. The van der Waals surface area contributed by atoms with Crippen molar-refractivity contribution in [3.8, 4) is 0 Å². The molecule has 2 unspecified atom stereocenters. The summed E-state index contributed by atoms with van der Waals surface area (Å²) in [6, 6.07) is 6.82. The average Bonchev–Trinajstić information content (AvgIpc) is 2.49. The van der Waals surface area contributed by atoms with Crippen molar-refractivity contribution in [2.45, 2.75) is 57.5 Å². The monoisotopic (exact) mass is 278 g/mol. The zero-order valence-electron chi connectivity index (χ0n) is 12.7. The molecule has 1 aromatic carbocycles. The molecule has 2 rings (SSSR count). The quantitative estimate of drug-likeness (QED) is 0.895. The third kappa shape index (κ3) is 3.39. The van der Waals surface area contributed by atoms with Crippen molar-refractivity contribution in [3.63, 3.8) is 0 Å². The molecule has 0 spiro atoms. The molecule has 112 valence electrons. The molecule has 1 heterocycles. The van der Waals surface area contributed by atoms with Crippen LogP contribution in [0.1, 0.15) is 45.1 Å². The second-order valence-electron chi connectivity index (χ2n) is 6.20. The first-order valence-electron chi connectivity index (χ1n) is 7.81. The highest BCUT2D eigenvalue weighted by atomic mass is 19.1. The molecule has 1 saturated heterocycles. The van der Waals surface area contributed by atoms with E-state index in [1.165, 1.54) is 31.4 Å². The van der Waals surface area contributed by atoms with E-state index in [1.54, 1.807) is 0 Å². The molecule has 20 heavy (non-hydrogen) atoms. The summed E-state index contributed by atoms with van der Waals surface area (Å²) in [6.07, 6.45) is 5.75. The molecule has 2 atom stereocenters. The Labute approximate surface area is 122 Å². The van der Waals surface area contributed by atoms with Gasteiger partial charge >= 0.3 is 0 Å². The number of halogens is 1. The lowest BCUT2D eigenvalue weighted by atomic mass is 9.83. The summed E-state index contributed by atoms with van der Waals surface area (Å²) in [7, 11) is 0. The maximum absolute atomic E-state index is 13.0. The fraction of sp³-hybridized carbons (Fsp3) is 0.647. The first-order chi connectivity index (χ1) is 9.56. The largest absolute Gasteiger partial charge is 0.326 e. The van der Waals surface area contributed by atoms with Gasteiger partial charge in [0.1, 0.15) is 5.82 Å². The summed E-state index contributed by atoms with van der Waals surface area (Å²) in [5, 5.41) is 0. The summed E-state index contributed by atoms with van der Waals surface area (Å²) in [5.41, 5.74) is 7.69. The van der Waals surface area contributed by atoms with E-state index in [2.05, 4.69) is 18.7 Å². The van der Waals surface area contributed by atoms with Gasteiger partial charge in [0.2, 0.25) is 0 Å². The van der Waals surface area contributed by atoms with Crippen molar-refractivity contribution in [1.82, 2.24) is 4.90 Å². The highest BCUT2D eigenvalue weighted by Gasteiger charge is 2.36. The number of piperidine rings is 1. The van der Waals surface area contributed by atoms with Crippen molar-refractivity contribution < 1.29 is 4.39 Å². The van der Waals surface area contributed by atoms with E-state index in [4.69, 9.17) is 5.73 Å². The first-order valence-corrected chi connectivity index (χ1v) is 7.81. The van der Waals surface area contributed by atoms with Crippen LogP contribution >= 0.6 is 0 Å². The predicted octanol–water partition coefficient (Wildman–Crippen LogP) is 3.35. The number of hydrogen-bond donors (Lipinski definition) is 1. The Kier molecular flexibility index (Phi) is 5.17. The van der Waals surface area contributed by atoms with Gasteiger partial charge in [0, 0.05) is 11.6 Å². The zero-order valence-corrected chi connectivity index (χ0v) is 12.7. The molecule has 0 aromatic heterocycles. The van der Waals surface area contributed by atoms with Gasteiger partial charge < -0.3 is 5.73 Å². The Morgan fingerprint density at radius 1 is 1.20 bits per heavy atom. The van der Waals surface area contributed by atoms with E-state index in [0.717, 1.165) is 31.5 Å². The van der Waals surface area contributed by atoms with Crippen LogP contribution in [0.2, 0.25) is 0 Å². The van der Waals surface area contributed by atoms with Crippen molar-refractivity contribution in [2.24, 2.45) is 5.73 Å². The third-order valence-corrected chi connectivity index (χ3v) is 4.96. The van der Waals surface area contributed by atoms with Crippen molar-refractivity contribution >= 4 is 0 Å². The number of nitrogens with zero attached hydrogens (tertiary/aromatic N) is 1. The van der Waals surface area contributed by atoms with Gasteiger partial charge in [-0.1, -0.05) is 25.5 Å². The number of hydrogen-bond acceptors (Lipinski definition) is 2. The zero-order chi connectivity index (χ0) is 14.6. The second kappa shape index (κ2) is 6.68. The fourth-order valence-corrected chi connectivity index (χ4v) is 3.22. The van der Waals surface area contributed by atoms with Crippen LogP contribution in [0.5, 0.6) is 0 Å². The lowest BCUT2D eigenvalue weighted by molar-refractivity contribution is 0.0546. The summed E-state index contributed by atoms with van der Waals surface area (Å²) in [4.78, 5) is 2.56. The highest BCUT2D eigenvalue weighted by Crippen LogP contribution is 2.28. The van der Waals surface area contributed by atoms with Crippen LogP contribution in [0, 0.1) is 5.82 Å². The van der Waals surface area contributed by atoms with E-state index in [1.807, 2.05) is 12.1 Å². The predicted molar refractivity (Wildman–Crippen MR) is 82.2 cm³/mol. The number of nitrogens with two attached hydrogens (primary N) is 1. The van der Waals surface area contributed by atoms with Gasteiger partial charge in [-0.2, -0.15) is 0 Å². The summed E-state index contributed by atoms with van der Waals surface area (Å²) in [5.74, 6) is -0.184. The van der Waals surface area contributed by atoms with Gasteiger partial charge in [-0.15, -0.1) is 0 Å². The molecular weight excluding hydrogens is 251 g/mol. The minimum absolute atomic E-state index is 0.0365. The fourth-order valence-electron chi connectivity index (χ4n) is 3.22. The molecule has 0 saturated carbocycles. The number of likely N-dealkylation sites (tertiary alicyclic amines) is 1. The van der Waals surface area contributed by atoms with Crippen LogP contribution in [-0.4, -0.2) is 29.6 Å². The Morgan fingerprint density at radius 2 is 1.80 bits per heavy atom. The Balaban J connectivity index is 2.07. The molecule has 2 nitrogen and oxygen atoms in total. The Bertz CT molecular complexity index is 412. The Hall–Kier alpha value is -0.930. The summed E-state index contributed by atoms with van der Waals surface area (Å²) in [6.45, 7) is 6.81. The molecule has 1 aliphatic rings. The van der Waals surface area contributed by atoms with Crippen LogP contribution in [-0.2, 0) is 6.42 Å². The number of rotatable bonds is 5. The minimum atomic E-state index is -0.184. The van der Waals surface area contributed by atoms with E-state index in [9.17, 15) is 4.39 Å². The average molecular weight is 278 g/mol. The number of benzene rings is 1. The van der Waals surface area contributed by atoms with E-state index in [-0.39, 0.29) is 17.4 Å². The minimum Gasteiger partial charge on any atom is -0.326 e. The molecule has 1 fully saturated rings. The van der Waals surface area contributed by atoms with Crippen LogP contribution in [0.3, 0.4) is 0 Å². The molecule has 2 N–H and O–H groups in total. The maximum atomic E-state index is 13.0. The Morgan fingerprint density at radius 3 is 2.35 bits per heavy atom. The lowest BCUT2D eigenvalue weighted by Gasteiger charge is -2.47. The van der Waals surface area contributed by atoms with E-state index in [0.29, 0.717) is 0 Å². The summed E-state index contributed by atoms with van der Waals surface area (Å²) < 4.78 is 13.0. The molecular formula is C17H27FN2. The van der Waals surface area contributed by atoms with Crippen LogP contribution in [0.15, 0.2) is 24.3 Å². The van der Waals surface area contributed by atoms with Gasteiger partial charge in [0.25, 0.3) is 0 Å². The van der Waals surface area contributed by atoms with Gasteiger partial charge in [0.05, 0.1) is 0 Å². The normalized spacial score (nSPS) is 21.4. The maximum Gasteiger partial charge on any atom is 0.123 e. The standard InChI is InChI=1S/C17H27FN2/c1-3-17(2,20-11-5-4-6-12-20)16(19)13-14-7-9-15(18)10-8-14/h7-10,16H,3-6,11-13,19H2,1-2H3. The third-order valence-electron chi connectivity index (χ3n) is 4.96. The van der Waals surface area contributed by atoms with Crippen molar-refractivity contribution in [2.75, 3.05) is 13.1 Å². The molecule has 0 amide bonds. The van der Waals surface area contributed by atoms with Crippen LogP contribution in [0.4, 0.5) is 4.39 Å². The van der Waals surface area contributed by atoms with Gasteiger partial charge in [-0.25, -0.2) is 4.39 Å². The molecule has 3 heteroatoms. The second-order valence-corrected chi connectivity index (χ2v) is 6.20. The van der Waals surface area contributed by atoms with E-state index < -0.39 is 0 Å². The lowest BCUT2D eigenvalue weighted by Crippen LogP contribution is -2.59. The van der Waals surface area contributed by atoms with Gasteiger partial charge in [-0.3, -0.25) is 4.90 Å². The first kappa shape index (κ1) is 15.5. The smallest absolute Gasteiger partial charge is 0.123 e. The molecule has 0 radical (unpaired) electrons. The molecule has 1 aromatic rings.